The van der Waals surface area contributed by atoms with Crippen molar-refractivity contribution < 1.29 is 14.5 Å². The Morgan fingerprint density at radius 3 is 2.83 bits per heavy atom. The van der Waals surface area contributed by atoms with Crippen LogP contribution >= 0.6 is 0 Å². The van der Waals surface area contributed by atoms with Gasteiger partial charge in [0.2, 0.25) is 0 Å². The first-order chi connectivity index (χ1) is 5.74. The van der Waals surface area contributed by atoms with E-state index in [0.717, 1.165) is 0 Å². The number of hydrogen-bond donors (Lipinski definition) is 0. The average Bonchev–Trinajstić information content (AvgIpc) is 2.05. The number of rotatable bonds is 3. The van der Waals surface area contributed by atoms with Crippen LogP contribution < -0.4 is 4.74 Å². The molecule has 0 aromatic heterocycles. The summed E-state index contributed by atoms with van der Waals surface area (Å²) < 4.78 is 4.41. The first-order valence-electron chi connectivity index (χ1n) is 3.09. The summed E-state index contributed by atoms with van der Waals surface area (Å²) >= 11 is 0. The molecule has 1 rings (SSSR count). The van der Waals surface area contributed by atoms with Crippen LogP contribution in [0.2, 0.25) is 0 Å². The fraction of sp³-hybridized carbons (Fsp3) is 0. The van der Waals surface area contributed by atoms with Crippen LogP contribution in [0.4, 0.5) is 5.69 Å². The lowest BCUT2D eigenvalue weighted by molar-refractivity contribution is -0.384. The molecule has 0 saturated heterocycles. The zero-order valence-electron chi connectivity index (χ0n) is 5.97. The fourth-order valence-electron chi connectivity index (χ4n) is 0.726. The summed E-state index contributed by atoms with van der Waals surface area (Å²) in [5, 5.41) is 10.2. The van der Waals surface area contributed by atoms with E-state index >= 15 is 0 Å². The molecule has 0 heterocycles. The summed E-state index contributed by atoms with van der Waals surface area (Å²) in [7, 11) is 0. The number of benzene rings is 1. The molecule has 62 valence electrons. The number of carbonyl (C=O) groups is 1. The second-order valence-corrected chi connectivity index (χ2v) is 1.97. The van der Waals surface area contributed by atoms with E-state index < -0.39 is 4.92 Å². The second kappa shape index (κ2) is 3.47. The number of nitrogens with zero attached hydrogens (tertiary/aromatic N) is 1. The van der Waals surface area contributed by atoms with Crippen LogP contribution in [-0.4, -0.2) is 11.4 Å². The van der Waals surface area contributed by atoms with Crippen molar-refractivity contribution in [3.8, 4) is 5.75 Å². The monoisotopic (exact) mass is 167 g/mol. The fourth-order valence-corrected chi connectivity index (χ4v) is 0.726. The topological polar surface area (TPSA) is 69.4 Å². The van der Waals surface area contributed by atoms with E-state index in [1.54, 1.807) is 0 Å². The SMILES string of the molecule is O=COc1cccc([N+](=O)[O-])c1. The predicted molar refractivity (Wildman–Crippen MR) is 39.8 cm³/mol. The van der Waals surface area contributed by atoms with Crippen LogP contribution in [0.25, 0.3) is 0 Å². The molecule has 0 bridgehead atoms. The predicted octanol–water partition coefficient (Wildman–Crippen LogP) is 1.13. The highest BCUT2D eigenvalue weighted by molar-refractivity contribution is 5.48. The van der Waals surface area contributed by atoms with Crippen LogP contribution in [-0.2, 0) is 4.79 Å². The molecule has 5 heteroatoms. The van der Waals surface area contributed by atoms with Gasteiger partial charge < -0.3 is 4.74 Å². The highest BCUT2D eigenvalue weighted by atomic mass is 16.6. The molecule has 0 N–H and O–H groups in total. The molecule has 0 spiro atoms. The third kappa shape index (κ3) is 1.79. The van der Waals surface area contributed by atoms with Crippen molar-refractivity contribution in [1.82, 2.24) is 0 Å². The zero-order valence-corrected chi connectivity index (χ0v) is 5.97. The summed E-state index contributed by atoms with van der Waals surface area (Å²) in [4.78, 5) is 19.5. The zero-order chi connectivity index (χ0) is 8.97. The molecule has 12 heavy (non-hydrogen) atoms. The van der Waals surface area contributed by atoms with Crippen molar-refractivity contribution in [1.29, 1.82) is 0 Å². The third-order valence-electron chi connectivity index (χ3n) is 1.21. The largest absolute Gasteiger partial charge is 0.428 e. The van der Waals surface area contributed by atoms with Gasteiger partial charge >= 0.3 is 0 Å². The maximum Gasteiger partial charge on any atom is 0.298 e. The molecule has 1 aromatic rings. The maximum atomic E-state index is 10.2. The molecule has 0 unspecified atom stereocenters. The Labute approximate surface area is 67.7 Å². The molecule has 0 aliphatic carbocycles. The van der Waals surface area contributed by atoms with Crippen molar-refractivity contribution >= 4 is 12.2 Å². The van der Waals surface area contributed by atoms with Gasteiger partial charge in [-0.3, -0.25) is 14.9 Å². The Bertz CT molecular complexity index is 310. The quantitative estimate of drug-likeness (QED) is 0.384. The molecule has 1 aromatic carbocycles. The van der Waals surface area contributed by atoms with E-state index in [-0.39, 0.29) is 17.9 Å². The minimum atomic E-state index is -0.558. The van der Waals surface area contributed by atoms with Crippen LogP contribution in [0.1, 0.15) is 0 Å². The minimum Gasteiger partial charge on any atom is -0.428 e. The third-order valence-corrected chi connectivity index (χ3v) is 1.21. The number of nitro benzene ring substituents is 1. The average molecular weight is 167 g/mol. The van der Waals surface area contributed by atoms with Gasteiger partial charge in [0.1, 0.15) is 5.75 Å². The van der Waals surface area contributed by atoms with E-state index in [9.17, 15) is 14.9 Å². The Balaban J connectivity index is 2.95. The van der Waals surface area contributed by atoms with E-state index in [2.05, 4.69) is 4.74 Å². The summed E-state index contributed by atoms with van der Waals surface area (Å²) in [5.41, 5.74) is -0.102. The van der Waals surface area contributed by atoms with Crippen LogP contribution in [0, 0.1) is 10.1 Å². The van der Waals surface area contributed by atoms with E-state index in [0.29, 0.717) is 0 Å². The molecule has 0 fully saturated rings. The molecular formula is C7H5NO4. The van der Waals surface area contributed by atoms with Gasteiger partial charge in [0.15, 0.2) is 0 Å². The summed E-state index contributed by atoms with van der Waals surface area (Å²) in [6, 6.07) is 5.39. The highest BCUT2D eigenvalue weighted by Gasteiger charge is 2.05. The molecule has 0 aliphatic rings. The first-order valence-corrected chi connectivity index (χ1v) is 3.09. The molecule has 0 amide bonds. The summed E-state index contributed by atoms with van der Waals surface area (Å²) in [5.74, 6) is 0.166. The van der Waals surface area contributed by atoms with Crippen molar-refractivity contribution in [2.45, 2.75) is 0 Å². The van der Waals surface area contributed by atoms with E-state index in [1.807, 2.05) is 0 Å². The summed E-state index contributed by atoms with van der Waals surface area (Å²) in [6.45, 7) is 0.221. The van der Waals surface area contributed by atoms with Crippen molar-refractivity contribution in [3.05, 3.63) is 34.4 Å². The normalized spacial score (nSPS) is 9.00. The number of ether oxygens (including phenoxy) is 1. The Morgan fingerprint density at radius 1 is 1.50 bits per heavy atom. The highest BCUT2D eigenvalue weighted by Crippen LogP contribution is 2.18. The number of carbonyl (C=O) groups excluding carboxylic acids is 1. The van der Waals surface area contributed by atoms with E-state index in [1.165, 1.54) is 24.3 Å². The molecular weight excluding hydrogens is 162 g/mol. The minimum absolute atomic E-state index is 0.102. The van der Waals surface area contributed by atoms with Crippen molar-refractivity contribution in [2.24, 2.45) is 0 Å². The van der Waals surface area contributed by atoms with Gasteiger partial charge in [-0.15, -0.1) is 0 Å². The maximum absolute atomic E-state index is 10.2. The molecule has 5 nitrogen and oxygen atoms in total. The van der Waals surface area contributed by atoms with Gasteiger partial charge in [-0.1, -0.05) is 6.07 Å². The lowest BCUT2D eigenvalue weighted by Gasteiger charge is -1.95. The van der Waals surface area contributed by atoms with Crippen LogP contribution in [0.3, 0.4) is 0 Å². The number of non-ortho nitro benzene ring substituents is 1. The second-order valence-electron chi connectivity index (χ2n) is 1.97. The van der Waals surface area contributed by atoms with Crippen LogP contribution in [0.5, 0.6) is 5.75 Å². The smallest absolute Gasteiger partial charge is 0.298 e. The molecule has 0 saturated carbocycles. The Morgan fingerprint density at radius 2 is 2.25 bits per heavy atom. The molecule has 0 aliphatic heterocycles. The van der Waals surface area contributed by atoms with Gasteiger partial charge in [0, 0.05) is 6.07 Å². The van der Waals surface area contributed by atoms with Crippen molar-refractivity contribution in [2.75, 3.05) is 0 Å². The molecule has 0 atom stereocenters. The summed E-state index contributed by atoms with van der Waals surface area (Å²) in [6.07, 6.45) is 0. The number of hydrogen-bond acceptors (Lipinski definition) is 4. The van der Waals surface area contributed by atoms with Crippen LogP contribution in [0.15, 0.2) is 24.3 Å². The van der Waals surface area contributed by atoms with Gasteiger partial charge in [-0.25, -0.2) is 0 Å². The van der Waals surface area contributed by atoms with E-state index in [4.69, 9.17) is 0 Å². The lowest BCUT2D eigenvalue weighted by Crippen LogP contribution is -1.91. The van der Waals surface area contributed by atoms with Crippen molar-refractivity contribution in [3.63, 3.8) is 0 Å². The molecule has 0 radical (unpaired) electrons. The Hall–Kier alpha value is -1.91. The Kier molecular flexibility index (Phi) is 2.37. The standard InChI is InChI=1S/C7H5NO4/c9-5-12-7-3-1-2-6(4-7)8(10)11/h1-5H. The lowest BCUT2D eigenvalue weighted by atomic mass is 10.3. The van der Waals surface area contributed by atoms with Gasteiger partial charge in [-0.05, 0) is 6.07 Å². The first kappa shape index (κ1) is 8.19. The van der Waals surface area contributed by atoms with Gasteiger partial charge in [-0.2, -0.15) is 0 Å². The van der Waals surface area contributed by atoms with Gasteiger partial charge in [0.25, 0.3) is 12.2 Å². The number of nitro groups is 1. The van der Waals surface area contributed by atoms with Gasteiger partial charge in [0.05, 0.1) is 11.0 Å².